The third-order valence-electron chi connectivity index (χ3n) is 4.83. The molecular weight excluding hydrogens is 316 g/mol. The van der Waals surface area contributed by atoms with Crippen molar-refractivity contribution in [2.45, 2.75) is 25.9 Å². The summed E-state index contributed by atoms with van der Waals surface area (Å²) in [5.41, 5.74) is 2.79. The van der Waals surface area contributed by atoms with Gasteiger partial charge in [0.15, 0.2) is 5.76 Å². The van der Waals surface area contributed by atoms with Gasteiger partial charge in [-0.25, -0.2) is 4.98 Å². The van der Waals surface area contributed by atoms with Crippen LogP contribution in [0, 0.1) is 0 Å². The molecule has 0 saturated heterocycles. The van der Waals surface area contributed by atoms with Crippen molar-refractivity contribution in [1.82, 2.24) is 19.4 Å². The van der Waals surface area contributed by atoms with E-state index in [9.17, 15) is 9.90 Å². The summed E-state index contributed by atoms with van der Waals surface area (Å²) < 4.78 is 1.99. The first kappa shape index (κ1) is 15.5. The summed E-state index contributed by atoms with van der Waals surface area (Å²) in [6.07, 6.45) is 8.12. The van der Waals surface area contributed by atoms with Crippen LogP contribution in [0.4, 0.5) is 0 Å². The minimum atomic E-state index is -0.290. The second-order valence-corrected chi connectivity index (χ2v) is 6.41. The van der Waals surface area contributed by atoms with Crippen LogP contribution < -0.4 is 0 Å². The number of imidazole rings is 1. The first-order valence-electron chi connectivity index (χ1n) is 8.38. The molecule has 2 N–H and O–H groups in total. The number of aromatic amines is 1. The van der Waals surface area contributed by atoms with Crippen molar-refractivity contribution in [2.24, 2.45) is 0 Å². The fourth-order valence-electron chi connectivity index (χ4n) is 3.53. The van der Waals surface area contributed by atoms with Crippen LogP contribution in [0.2, 0.25) is 0 Å². The lowest BCUT2D eigenvalue weighted by Gasteiger charge is -2.26. The van der Waals surface area contributed by atoms with E-state index < -0.39 is 0 Å². The number of H-pyrrole nitrogens is 1. The first-order valence-corrected chi connectivity index (χ1v) is 8.38. The summed E-state index contributed by atoms with van der Waals surface area (Å²) in [6.45, 7) is 3.19. The quantitative estimate of drug-likeness (QED) is 0.751. The van der Waals surface area contributed by atoms with E-state index in [1.807, 2.05) is 42.1 Å². The number of aliphatic hydroxyl groups is 1. The number of rotatable bonds is 5. The average molecular weight is 336 g/mol. The van der Waals surface area contributed by atoms with Gasteiger partial charge in [0, 0.05) is 42.8 Å². The molecule has 25 heavy (non-hydrogen) atoms. The van der Waals surface area contributed by atoms with Gasteiger partial charge in [0.05, 0.1) is 12.4 Å². The van der Waals surface area contributed by atoms with Crippen molar-refractivity contribution >= 4 is 16.8 Å². The summed E-state index contributed by atoms with van der Waals surface area (Å²) >= 11 is 0. The molecule has 3 aromatic rings. The molecule has 3 heterocycles. The highest BCUT2D eigenvalue weighted by atomic mass is 16.3. The number of carbonyl (C=O) groups excluding carboxylic acids is 1. The second kappa shape index (κ2) is 6.12. The molecular formula is C19H20N4O2. The molecule has 2 aromatic heterocycles. The Kier molecular flexibility index (Phi) is 3.80. The number of amides is 1. The van der Waals surface area contributed by atoms with E-state index in [0.29, 0.717) is 12.1 Å². The summed E-state index contributed by atoms with van der Waals surface area (Å²) in [5, 5.41) is 11.3. The van der Waals surface area contributed by atoms with Crippen LogP contribution in [-0.4, -0.2) is 37.0 Å². The van der Waals surface area contributed by atoms with Crippen molar-refractivity contribution in [3.63, 3.8) is 0 Å². The molecule has 1 aliphatic heterocycles. The maximum absolute atomic E-state index is 12.5. The number of nitrogens with one attached hydrogen (secondary N) is 1. The van der Waals surface area contributed by atoms with Crippen LogP contribution in [0.15, 0.2) is 60.5 Å². The average Bonchev–Trinajstić information content (AvgIpc) is 3.33. The molecule has 4 rings (SSSR count). The van der Waals surface area contributed by atoms with Gasteiger partial charge < -0.3 is 19.6 Å². The van der Waals surface area contributed by atoms with Crippen molar-refractivity contribution in [3.05, 3.63) is 66.1 Å². The molecule has 1 atom stereocenters. The zero-order valence-electron chi connectivity index (χ0n) is 14.0. The van der Waals surface area contributed by atoms with Gasteiger partial charge in [0.1, 0.15) is 0 Å². The molecule has 6 nitrogen and oxygen atoms in total. The van der Waals surface area contributed by atoms with Crippen LogP contribution in [0.1, 0.15) is 24.9 Å². The lowest BCUT2D eigenvalue weighted by atomic mass is 9.99. The van der Waals surface area contributed by atoms with Crippen LogP contribution in [0.3, 0.4) is 0 Å². The highest BCUT2D eigenvalue weighted by Gasteiger charge is 2.37. The number of aryl methyl sites for hydroxylation is 1. The lowest BCUT2D eigenvalue weighted by molar-refractivity contribution is -0.129. The van der Waals surface area contributed by atoms with Gasteiger partial charge >= 0.3 is 0 Å². The Morgan fingerprint density at radius 3 is 2.96 bits per heavy atom. The van der Waals surface area contributed by atoms with Gasteiger partial charge in [0.2, 0.25) is 0 Å². The molecule has 0 aliphatic carbocycles. The molecule has 0 bridgehead atoms. The zero-order chi connectivity index (χ0) is 17.4. The van der Waals surface area contributed by atoms with Gasteiger partial charge in [-0.2, -0.15) is 0 Å². The Bertz CT molecular complexity index is 939. The Morgan fingerprint density at radius 1 is 1.28 bits per heavy atom. The molecule has 0 spiro atoms. The van der Waals surface area contributed by atoms with Crippen molar-refractivity contribution in [1.29, 1.82) is 0 Å². The molecule has 6 heteroatoms. The number of carbonyl (C=O) groups is 1. The van der Waals surface area contributed by atoms with Crippen LogP contribution in [-0.2, 0) is 11.3 Å². The van der Waals surface area contributed by atoms with Crippen LogP contribution in [0.5, 0.6) is 0 Å². The van der Waals surface area contributed by atoms with Gasteiger partial charge in [-0.15, -0.1) is 0 Å². The van der Waals surface area contributed by atoms with Crippen LogP contribution >= 0.6 is 0 Å². The largest absolute Gasteiger partial charge is 0.503 e. The van der Waals surface area contributed by atoms with E-state index in [-0.39, 0.29) is 17.7 Å². The van der Waals surface area contributed by atoms with E-state index >= 15 is 0 Å². The third kappa shape index (κ3) is 2.69. The maximum Gasteiger partial charge on any atom is 0.289 e. The molecule has 0 radical (unpaired) electrons. The number of hydrogen-bond acceptors (Lipinski definition) is 3. The Labute approximate surface area is 145 Å². The van der Waals surface area contributed by atoms with Gasteiger partial charge in [0.25, 0.3) is 5.91 Å². The number of hydrogen-bond donors (Lipinski definition) is 2. The highest BCUT2D eigenvalue weighted by molar-refractivity contribution is 5.95. The van der Waals surface area contributed by atoms with Crippen molar-refractivity contribution in [3.8, 4) is 0 Å². The van der Waals surface area contributed by atoms with Gasteiger partial charge in [-0.05, 0) is 42.5 Å². The van der Waals surface area contributed by atoms with Gasteiger partial charge in [-0.3, -0.25) is 4.79 Å². The second-order valence-electron chi connectivity index (χ2n) is 6.41. The molecule has 0 fully saturated rings. The molecule has 0 saturated carbocycles. The monoisotopic (exact) mass is 336 g/mol. The van der Waals surface area contributed by atoms with Gasteiger partial charge in [-0.1, -0.05) is 6.07 Å². The minimum Gasteiger partial charge on any atom is -0.503 e. The summed E-state index contributed by atoms with van der Waals surface area (Å²) in [7, 11) is 0. The van der Waals surface area contributed by atoms with E-state index in [2.05, 4.69) is 16.0 Å². The zero-order valence-corrected chi connectivity index (χ0v) is 14.0. The molecule has 1 aromatic carbocycles. The van der Waals surface area contributed by atoms with Crippen molar-refractivity contribution < 1.29 is 9.90 Å². The highest BCUT2D eigenvalue weighted by Crippen LogP contribution is 2.37. The predicted octanol–water partition coefficient (Wildman–Crippen LogP) is 3.17. The number of aromatic nitrogens is 3. The lowest BCUT2D eigenvalue weighted by Crippen LogP contribution is -2.31. The number of aliphatic hydroxyl groups excluding tert-OH is 1. The smallest absolute Gasteiger partial charge is 0.289 e. The molecule has 1 unspecified atom stereocenters. The normalized spacial score (nSPS) is 17.9. The van der Waals surface area contributed by atoms with E-state index in [1.165, 1.54) is 0 Å². The molecule has 1 aliphatic rings. The number of nitrogens with zero attached hydrogens (tertiary/aromatic N) is 3. The summed E-state index contributed by atoms with van der Waals surface area (Å²) in [4.78, 5) is 21.5. The predicted molar refractivity (Wildman–Crippen MR) is 94.9 cm³/mol. The Hall–Kier alpha value is -3.02. The summed E-state index contributed by atoms with van der Waals surface area (Å²) in [5.74, 6) is -0.413. The van der Waals surface area contributed by atoms with E-state index in [1.54, 1.807) is 17.4 Å². The molecule has 1 amide bonds. The topological polar surface area (TPSA) is 74.2 Å². The van der Waals surface area contributed by atoms with E-state index in [0.717, 1.165) is 29.4 Å². The summed E-state index contributed by atoms with van der Waals surface area (Å²) in [6, 6.07) is 7.91. The Balaban J connectivity index is 1.58. The third-order valence-corrected chi connectivity index (χ3v) is 4.83. The standard InChI is InChI=1S/C19H20N4O2/c1-13-17(15-3-4-16-14(11-15)5-6-21-16)23(19(25)18(13)24)9-2-8-22-10-7-20-12-22/h3-7,10-12,17,21,24H,2,8-9H2,1H3. The fraction of sp³-hybridized carbons (Fsp3) is 0.263. The Morgan fingerprint density at radius 2 is 2.16 bits per heavy atom. The minimum absolute atomic E-state index is 0.123. The number of fused-ring (bicyclic) bond motifs is 1. The van der Waals surface area contributed by atoms with Crippen molar-refractivity contribution in [2.75, 3.05) is 6.54 Å². The molecule has 128 valence electrons. The first-order chi connectivity index (χ1) is 12.1. The number of benzene rings is 1. The van der Waals surface area contributed by atoms with Crippen LogP contribution in [0.25, 0.3) is 10.9 Å². The fourth-order valence-corrected chi connectivity index (χ4v) is 3.53. The van der Waals surface area contributed by atoms with E-state index in [4.69, 9.17) is 0 Å². The maximum atomic E-state index is 12.5. The SMILES string of the molecule is CC1=C(O)C(=O)N(CCCn2ccnc2)C1c1ccc2[nH]ccc2c1.